The van der Waals surface area contributed by atoms with E-state index in [9.17, 15) is 38.2 Å². The number of nitrogens with two attached hydrogens (primary N) is 1. The number of rotatable bonds is 9. The molecule has 0 unspecified atom stereocenters. The number of hydrogen-bond acceptors (Lipinski definition) is 8. The maximum Gasteiger partial charge on any atom is 0.269 e. The number of nitro groups is 2. The van der Waals surface area contributed by atoms with E-state index in [4.69, 9.17) is 5.73 Å². The lowest BCUT2D eigenvalue weighted by Gasteiger charge is -2.22. The summed E-state index contributed by atoms with van der Waals surface area (Å²) >= 11 is 0. The van der Waals surface area contributed by atoms with Gasteiger partial charge in [0.05, 0.1) is 21.3 Å². The van der Waals surface area contributed by atoms with Gasteiger partial charge in [-0.05, 0) is 17.7 Å². The van der Waals surface area contributed by atoms with Gasteiger partial charge in [0.15, 0.2) is 0 Å². The van der Waals surface area contributed by atoms with Crippen LogP contribution in [0, 0.1) is 20.2 Å². The average molecular weight is 436 g/mol. The Hall–Kier alpha value is -3.87. The Morgan fingerprint density at radius 3 is 1.77 bits per heavy atom. The summed E-state index contributed by atoms with van der Waals surface area (Å²) < 4.78 is 26.5. The van der Waals surface area contributed by atoms with Crippen molar-refractivity contribution in [2.75, 3.05) is 0 Å². The SMILES string of the molecule is NC(=O)CCC(=O)N(Cc1ccc([N+](=O)[O-])cc1)S(=O)(=O)c1ccc([N+](=O)[O-])cc1. The lowest BCUT2D eigenvalue weighted by molar-refractivity contribution is -0.385. The van der Waals surface area contributed by atoms with Crippen LogP contribution in [0.1, 0.15) is 18.4 Å². The maximum atomic E-state index is 13.0. The summed E-state index contributed by atoms with van der Waals surface area (Å²) in [5, 5.41) is 21.5. The first-order valence-corrected chi connectivity index (χ1v) is 9.78. The van der Waals surface area contributed by atoms with Crippen LogP contribution in [-0.2, 0) is 26.2 Å². The van der Waals surface area contributed by atoms with Gasteiger partial charge in [0.1, 0.15) is 0 Å². The molecule has 2 N–H and O–H groups in total. The lowest BCUT2D eigenvalue weighted by atomic mass is 10.2. The molecule has 0 aliphatic heterocycles. The molecule has 0 heterocycles. The van der Waals surface area contributed by atoms with E-state index in [0.29, 0.717) is 4.31 Å². The zero-order valence-electron chi connectivity index (χ0n) is 15.3. The summed E-state index contributed by atoms with van der Waals surface area (Å²) in [5.41, 5.74) is 4.74. The van der Waals surface area contributed by atoms with E-state index in [1.165, 1.54) is 12.1 Å². The Morgan fingerprint density at radius 2 is 1.33 bits per heavy atom. The largest absolute Gasteiger partial charge is 0.370 e. The number of sulfonamides is 1. The van der Waals surface area contributed by atoms with Gasteiger partial charge in [-0.15, -0.1) is 0 Å². The van der Waals surface area contributed by atoms with Crippen molar-refractivity contribution >= 4 is 33.2 Å². The fourth-order valence-corrected chi connectivity index (χ4v) is 3.83. The minimum Gasteiger partial charge on any atom is -0.370 e. The zero-order valence-corrected chi connectivity index (χ0v) is 16.1. The summed E-state index contributed by atoms with van der Waals surface area (Å²) in [5.74, 6) is -1.73. The third kappa shape index (κ3) is 5.35. The van der Waals surface area contributed by atoms with E-state index in [2.05, 4.69) is 0 Å². The first-order chi connectivity index (χ1) is 14.0. The quantitative estimate of drug-likeness (QED) is 0.452. The molecule has 30 heavy (non-hydrogen) atoms. The van der Waals surface area contributed by atoms with Crippen LogP contribution in [0.4, 0.5) is 11.4 Å². The zero-order chi connectivity index (χ0) is 22.5. The molecule has 0 saturated carbocycles. The molecule has 2 rings (SSSR count). The van der Waals surface area contributed by atoms with Crippen molar-refractivity contribution in [3.63, 3.8) is 0 Å². The summed E-state index contributed by atoms with van der Waals surface area (Å²) in [7, 11) is -4.44. The highest BCUT2D eigenvalue weighted by Crippen LogP contribution is 2.23. The first-order valence-electron chi connectivity index (χ1n) is 8.34. The molecule has 0 bridgehead atoms. The molecular weight excluding hydrogens is 420 g/mol. The highest BCUT2D eigenvalue weighted by atomic mass is 32.2. The van der Waals surface area contributed by atoms with Gasteiger partial charge in [0, 0.05) is 37.1 Å². The number of benzene rings is 2. The molecule has 0 atom stereocenters. The van der Waals surface area contributed by atoms with Crippen LogP contribution in [0.5, 0.6) is 0 Å². The summed E-state index contributed by atoms with van der Waals surface area (Å²) in [6.07, 6.45) is -0.861. The minimum absolute atomic E-state index is 0.219. The van der Waals surface area contributed by atoms with Crippen LogP contribution in [0.3, 0.4) is 0 Å². The number of nitrogens with zero attached hydrogens (tertiary/aromatic N) is 3. The van der Waals surface area contributed by atoms with Gasteiger partial charge in [0.25, 0.3) is 21.4 Å². The standard InChI is InChI=1S/C17H16N4O8S/c18-16(22)9-10-17(23)19(11-12-1-3-13(4-2-12)20(24)25)30(28,29)15-7-5-14(6-8-15)21(26)27/h1-8H,9-11H2,(H2,18,22). The Kier molecular flexibility index (Phi) is 6.79. The molecule has 158 valence electrons. The van der Waals surface area contributed by atoms with Gasteiger partial charge < -0.3 is 5.73 Å². The van der Waals surface area contributed by atoms with Crippen molar-refractivity contribution < 1.29 is 27.9 Å². The van der Waals surface area contributed by atoms with Gasteiger partial charge in [-0.25, -0.2) is 12.7 Å². The monoisotopic (exact) mass is 436 g/mol. The molecule has 0 aliphatic carbocycles. The second-order valence-electron chi connectivity index (χ2n) is 6.05. The predicted octanol–water partition coefficient (Wildman–Crippen LogP) is 1.49. The average Bonchev–Trinajstić information content (AvgIpc) is 2.70. The van der Waals surface area contributed by atoms with E-state index in [-0.39, 0.29) is 28.3 Å². The van der Waals surface area contributed by atoms with Crippen LogP contribution in [0.15, 0.2) is 53.4 Å². The summed E-state index contributed by atoms with van der Waals surface area (Å²) in [6.45, 7) is -0.463. The molecule has 2 amide bonds. The van der Waals surface area contributed by atoms with Crippen LogP contribution in [0.25, 0.3) is 0 Å². The minimum atomic E-state index is -4.44. The third-order valence-corrected chi connectivity index (χ3v) is 5.75. The molecule has 0 saturated heterocycles. The summed E-state index contributed by atoms with van der Waals surface area (Å²) in [4.78, 5) is 43.4. The van der Waals surface area contributed by atoms with Crippen LogP contribution in [0.2, 0.25) is 0 Å². The molecule has 2 aromatic rings. The molecule has 0 radical (unpaired) electrons. The van der Waals surface area contributed by atoms with E-state index in [1.54, 1.807) is 0 Å². The van der Waals surface area contributed by atoms with E-state index in [1.807, 2.05) is 0 Å². The van der Waals surface area contributed by atoms with Crippen molar-refractivity contribution in [3.05, 3.63) is 74.3 Å². The smallest absolute Gasteiger partial charge is 0.269 e. The number of primary amides is 1. The number of nitro benzene ring substituents is 2. The van der Waals surface area contributed by atoms with Crippen LogP contribution in [-0.4, -0.2) is 34.4 Å². The Balaban J connectivity index is 2.40. The number of non-ortho nitro benzene ring substituents is 2. The molecule has 0 spiro atoms. The Morgan fingerprint density at radius 1 is 0.867 bits per heavy atom. The van der Waals surface area contributed by atoms with E-state index in [0.717, 1.165) is 36.4 Å². The topological polar surface area (TPSA) is 184 Å². The normalized spacial score (nSPS) is 10.9. The van der Waals surface area contributed by atoms with Crippen molar-refractivity contribution in [2.45, 2.75) is 24.3 Å². The predicted molar refractivity (Wildman–Crippen MR) is 102 cm³/mol. The number of hydrogen-bond donors (Lipinski definition) is 1. The van der Waals surface area contributed by atoms with Crippen molar-refractivity contribution in [3.8, 4) is 0 Å². The van der Waals surface area contributed by atoms with Gasteiger partial charge in [-0.3, -0.25) is 29.8 Å². The lowest BCUT2D eigenvalue weighted by Crippen LogP contribution is -2.36. The van der Waals surface area contributed by atoms with Gasteiger partial charge in [-0.2, -0.15) is 0 Å². The molecule has 12 nitrogen and oxygen atoms in total. The van der Waals surface area contributed by atoms with Crippen LogP contribution < -0.4 is 5.73 Å². The molecule has 0 aromatic heterocycles. The van der Waals surface area contributed by atoms with E-state index < -0.39 is 44.6 Å². The Bertz CT molecular complexity index is 1080. The van der Waals surface area contributed by atoms with Crippen molar-refractivity contribution in [2.24, 2.45) is 5.73 Å². The molecule has 2 aromatic carbocycles. The molecule has 0 aliphatic rings. The molecule has 13 heteroatoms. The second kappa shape index (κ2) is 9.09. The highest BCUT2D eigenvalue weighted by molar-refractivity contribution is 7.89. The van der Waals surface area contributed by atoms with E-state index >= 15 is 0 Å². The van der Waals surface area contributed by atoms with Crippen molar-refractivity contribution in [1.29, 1.82) is 0 Å². The van der Waals surface area contributed by atoms with Gasteiger partial charge in [0.2, 0.25) is 11.8 Å². The number of carbonyl (C=O) groups is 2. The Labute approximate surface area is 170 Å². The van der Waals surface area contributed by atoms with Crippen LogP contribution >= 0.6 is 0 Å². The highest BCUT2D eigenvalue weighted by Gasteiger charge is 2.30. The first kappa shape index (κ1) is 22.4. The summed E-state index contributed by atoms with van der Waals surface area (Å²) in [6, 6.07) is 8.81. The number of amides is 2. The third-order valence-electron chi connectivity index (χ3n) is 3.97. The maximum absolute atomic E-state index is 13.0. The fourth-order valence-electron chi connectivity index (χ4n) is 2.42. The second-order valence-corrected chi connectivity index (χ2v) is 7.91. The number of carbonyl (C=O) groups excluding carboxylic acids is 2. The fraction of sp³-hybridized carbons (Fsp3) is 0.176. The molecular formula is C17H16N4O8S. The van der Waals surface area contributed by atoms with Crippen molar-refractivity contribution in [1.82, 2.24) is 4.31 Å². The van der Waals surface area contributed by atoms with Gasteiger partial charge >= 0.3 is 0 Å². The molecule has 0 fully saturated rings. The van der Waals surface area contributed by atoms with Gasteiger partial charge in [-0.1, -0.05) is 12.1 Å².